The first kappa shape index (κ1) is 32.3. The quantitative estimate of drug-likeness (QED) is 0.277. The fraction of sp³-hybridized carbons (Fsp3) is 0.406. The van der Waals surface area contributed by atoms with E-state index in [-0.39, 0.29) is 11.1 Å². The average molecular weight is 609 g/mol. The van der Waals surface area contributed by atoms with E-state index in [1.807, 2.05) is 12.1 Å². The predicted octanol–water partition coefficient (Wildman–Crippen LogP) is 8.22. The summed E-state index contributed by atoms with van der Waals surface area (Å²) in [7, 11) is 0. The van der Waals surface area contributed by atoms with Gasteiger partial charge in [-0.3, -0.25) is 10.2 Å². The number of nitrogens with zero attached hydrogens (tertiary/aromatic N) is 1. The summed E-state index contributed by atoms with van der Waals surface area (Å²) in [6.45, 7) is 6.99. The maximum atomic E-state index is 13.2. The molecule has 0 bridgehead atoms. The van der Waals surface area contributed by atoms with Crippen LogP contribution >= 0.6 is 0 Å². The minimum absolute atomic E-state index is 0.187. The lowest BCUT2D eigenvalue weighted by Gasteiger charge is -2.42. The molecular weight excluding hydrogens is 574 g/mol. The number of likely N-dealkylation sites (tertiary alicyclic amines) is 1. The monoisotopic (exact) mass is 608 g/mol. The van der Waals surface area contributed by atoms with E-state index in [0.29, 0.717) is 38.2 Å². The van der Waals surface area contributed by atoms with Gasteiger partial charge in [0.25, 0.3) is 0 Å². The van der Waals surface area contributed by atoms with Crippen LogP contribution in [0.1, 0.15) is 61.4 Å². The third kappa shape index (κ3) is 8.08. The van der Waals surface area contributed by atoms with Gasteiger partial charge in [-0.25, -0.2) is 4.79 Å². The highest BCUT2D eigenvalue weighted by atomic mass is 19.4. The van der Waals surface area contributed by atoms with Crippen LogP contribution in [0.4, 0.5) is 36.8 Å². The van der Waals surface area contributed by atoms with E-state index in [1.54, 1.807) is 32.9 Å². The van der Waals surface area contributed by atoms with E-state index in [0.717, 1.165) is 29.8 Å². The highest BCUT2D eigenvalue weighted by Gasteiger charge is 2.43. The van der Waals surface area contributed by atoms with E-state index in [9.17, 15) is 36.2 Å². The lowest BCUT2D eigenvalue weighted by atomic mass is 9.71. The molecule has 3 aromatic carbocycles. The molecule has 1 fully saturated rings. The largest absolute Gasteiger partial charge is 0.444 e. The predicted molar refractivity (Wildman–Crippen MR) is 150 cm³/mol. The Hall–Kier alpha value is -3.57. The van der Waals surface area contributed by atoms with Gasteiger partial charge in [0, 0.05) is 12.2 Å². The number of hydrogen-bond acceptors (Lipinski definition) is 4. The van der Waals surface area contributed by atoms with Gasteiger partial charge in [0.05, 0.1) is 11.1 Å². The molecule has 0 aromatic heterocycles. The Labute approximate surface area is 246 Å². The van der Waals surface area contributed by atoms with Crippen LogP contribution in [0.5, 0.6) is 0 Å². The molecular formula is C32H34F6N2O3. The van der Waals surface area contributed by atoms with Gasteiger partial charge in [-0.2, -0.15) is 26.3 Å². The van der Waals surface area contributed by atoms with Crippen LogP contribution in [0, 0.1) is 5.92 Å². The van der Waals surface area contributed by atoms with Gasteiger partial charge >= 0.3 is 18.4 Å². The molecule has 43 heavy (non-hydrogen) atoms. The smallest absolute Gasteiger partial charge is 0.416 e. The highest BCUT2D eigenvalue weighted by Crippen LogP contribution is 2.44. The van der Waals surface area contributed by atoms with Crippen molar-refractivity contribution in [1.29, 1.82) is 0 Å². The van der Waals surface area contributed by atoms with Crippen molar-refractivity contribution in [2.75, 3.05) is 18.4 Å². The molecule has 0 radical (unpaired) electrons. The van der Waals surface area contributed by atoms with E-state index >= 15 is 0 Å². The number of carbonyl (C=O) groups excluding carboxylic acids is 1. The third-order valence-electron chi connectivity index (χ3n) is 7.49. The Morgan fingerprint density at radius 1 is 0.767 bits per heavy atom. The number of piperidine rings is 1. The summed E-state index contributed by atoms with van der Waals surface area (Å²) in [6, 6.07) is 15.6. The lowest BCUT2D eigenvalue weighted by molar-refractivity contribution is -0.138. The third-order valence-corrected chi connectivity index (χ3v) is 7.49. The number of halogens is 6. The molecule has 1 aliphatic heterocycles. The molecule has 0 atom stereocenters. The normalized spacial score (nSPS) is 15.8. The molecule has 0 spiro atoms. The summed E-state index contributed by atoms with van der Waals surface area (Å²) < 4.78 is 84.5. The average Bonchev–Trinajstić information content (AvgIpc) is 2.92. The van der Waals surface area contributed by atoms with Crippen molar-refractivity contribution in [2.45, 2.75) is 63.7 Å². The molecule has 3 aromatic rings. The van der Waals surface area contributed by atoms with Crippen LogP contribution in [0.2, 0.25) is 0 Å². The number of carbonyl (C=O) groups is 1. The fourth-order valence-electron chi connectivity index (χ4n) is 5.35. The van der Waals surface area contributed by atoms with Gasteiger partial charge in [0.2, 0.25) is 0 Å². The molecule has 0 aliphatic carbocycles. The van der Waals surface area contributed by atoms with Gasteiger partial charge < -0.3 is 9.84 Å². The number of ether oxygens (including phenoxy) is 1. The van der Waals surface area contributed by atoms with E-state index in [1.165, 1.54) is 24.3 Å². The number of rotatable bonds is 6. The number of aliphatic hydroxyl groups is 1. The Bertz CT molecular complexity index is 1310. The Morgan fingerprint density at radius 3 is 1.58 bits per heavy atom. The zero-order chi connectivity index (χ0) is 31.6. The maximum absolute atomic E-state index is 13.2. The van der Waals surface area contributed by atoms with Gasteiger partial charge in [0.1, 0.15) is 11.2 Å². The van der Waals surface area contributed by atoms with E-state index in [4.69, 9.17) is 4.74 Å². The summed E-state index contributed by atoms with van der Waals surface area (Å²) >= 11 is 0. The van der Waals surface area contributed by atoms with Crippen molar-refractivity contribution < 1.29 is 41.0 Å². The Kier molecular flexibility index (Phi) is 9.18. The summed E-state index contributed by atoms with van der Waals surface area (Å²) in [5.41, 5.74) is -2.25. The minimum Gasteiger partial charge on any atom is -0.444 e. The van der Waals surface area contributed by atoms with E-state index in [2.05, 4.69) is 10.2 Å². The van der Waals surface area contributed by atoms with Gasteiger partial charge in [0.15, 0.2) is 0 Å². The van der Waals surface area contributed by atoms with Crippen molar-refractivity contribution in [2.24, 2.45) is 5.92 Å². The standard InChI is InChI=1S/C32H34F6N2O3/c1-29(2,3)43-28(41)39-27-14-4-21(5-15-27)20-40-18-16-24(17-19-40)30(42,22-6-10-25(11-7-22)31(33,34)35)23-8-12-26(13-9-23)32(36,37)38/h4-15,24,42H,16-20H2,1-3H3,(H,39,41). The van der Waals surface area contributed by atoms with Crippen molar-refractivity contribution in [3.8, 4) is 0 Å². The molecule has 0 unspecified atom stereocenters. The Balaban J connectivity index is 1.48. The molecule has 2 N–H and O–H groups in total. The first-order valence-corrected chi connectivity index (χ1v) is 13.8. The van der Waals surface area contributed by atoms with Gasteiger partial charge in [-0.05, 0) is 106 Å². The second kappa shape index (κ2) is 12.2. The molecule has 1 amide bonds. The van der Waals surface area contributed by atoms with Crippen LogP contribution in [0.3, 0.4) is 0 Å². The summed E-state index contributed by atoms with van der Waals surface area (Å²) in [4.78, 5) is 14.2. The number of hydrogen-bond donors (Lipinski definition) is 2. The molecule has 0 saturated carbocycles. The summed E-state index contributed by atoms with van der Waals surface area (Å²) in [5, 5.41) is 14.8. The van der Waals surface area contributed by atoms with Crippen molar-refractivity contribution in [3.05, 3.63) is 101 Å². The molecule has 1 heterocycles. The van der Waals surface area contributed by atoms with Crippen LogP contribution in [0.25, 0.3) is 0 Å². The zero-order valence-corrected chi connectivity index (χ0v) is 24.0. The van der Waals surface area contributed by atoms with Gasteiger partial charge in [-0.15, -0.1) is 0 Å². The second-order valence-electron chi connectivity index (χ2n) is 11.8. The molecule has 4 rings (SSSR count). The summed E-state index contributed by atoms with van der Waals surface area (Å²) in [5.74, 6) is -0.461. The second-order valence-corrected chi connectivity index (χ2v) is 11.8. The van der Waals surface area contributed by atoms with Crippen molar-refractivity contribution in [1.82, 2.24) is 4.90 Å². The SMILES string of the molecule is CC(C)(C)OC(=O)Nc1ccc(CN2CCC(C(O)(c3ccc(C(F)(F)F)cc3)c3ccc(C(F)(F)F)cc3)CC2)cc1. The molecule has 232 valence electrons. The Morgan fingerprint density at radius 2 is 1.19 bits per heavy atom. The van der Waals surface area contributed by atoms with Crippen LogP contribution in [-0.2, 0) is 29.2 Å². The number of alkyl halides is 6. The molecule has 1 aliphatic rings. The molecule has 5 nitrogen and oxygen atoms in total. The topological polar surface area (TPSA) is 61.8 Å². The minimum atomic E-state index is -4.57. The fourth-order valence-corrected chi connectivity index (χ4v) is 5.35. The van der Waals surface area contributed by atoms with Crippen molar-refractivity contribution in [3.63, 3.8) is 0 Å². The molecule has 11 heteroatoms. The lowest BCUT2D eigenvalue weighted by Crippen LogP contribution is -2.44. The van der Waals surface area contributed by atoms with Crippen LogP contribution in [-0.4, -0.2) is 34.8 Å². The van der Waals surface area contributed by atoms with E-state index < -0.39 is 46.7 Å². The number of amides is 1. The zero-order valence-electron chi connectivity index (χ0n) is 24.0. The van der Waals surface area contributed by atoms with Crippen molar-refractivity contribution >= 4 is 11.8 Å². The number of anilines is 1. The first-order valence-electron chi connectivity index (χ1n) is 13.8. The highest BCUT2D eigenvalue weighted by molar-refractivity contribution is 5.84. The first-order chi connectivity index (χ1) is 19.9. The number of benzene rings is 3. The van der Waals surface area contributed by atoms with Crippen LogP contribution < -0.4 is 5.32 Å². The maximum Gasteiger partial charge on any atom is 0.416 e. The van der Waals surface area contributed by atoms with Gasteiger partial charge in [-0.1, -0.05) is 36.4 Å². The summed E-state index contributed by atoms with van der Waals surface area (Å²) in [6.07, 6.45) is -8.79. The number of nitrogens with one attached hydrogen (secondary N) is 1. The molecule has 1 saturated heterocycles. The van der Waals surface area contributed by atoms with Crippen LogP contribution in [0.15, 0.2) is 72.8 Å².